The molecule has 0 radical (unpaired) electrons. The number of hydrogen-bond acceptors (Lipinski definition) is 0. The van der Waals surface area contributed by atoms with Crippen LogP contribution in [-0.2, 0) is 7.05 Å². The van der Waals surface area contributed by atoms with E-state index in [-0.39, 0.29) is 0 Å². The smallest absolute Gasteiger partial charge is 0.0541 e. The van der Waals surface area contributed by atoms with Crippen LogP contribution in [-0.4, -0.2) is 13.7 Å². The van der Waals surface area contributed by atoms with Gasteiger partial charge in [-0.25, -0.2) is 0 Å². The van der Waals surface area contributed by atoms with E-state index in [0.717, 1.165) is 11.4 Å². The molecule has 0 saturated heterocycles. The molecule has 0 amide bonds. The monoisotopic (exact) mass is 739 g/mol. The highest BCUT2D eigenvalue weighted by Gasteiger charge is 2.19. The summed E-state index contributed by atoms with van der Waals surface area (Å²) in [5.41, 5.74) is 16.9. The summed E-state index contributed by atoms with van der Waals surface area (Å²) in [6, 6.07) is 75.6. The Morgan fingerprint density at radius 3 is 1.00 bits per heavy atom. The predicted octanol–water partition coefficient (Wildman–Crippen LogP) is 14.5. The molecular formula is C55H37N3. The Bertz CT molecular complexity index is 3450. The summed E-state index contributed by atoms with van der Waals surface area (Å²) in [5, 5.41) is 7.48. The lowest BCUT2D eigenvalue weighted by atomic mass is 10.0. The molecule has 0 bridgehead atoms. The zero-order valence-electron chi connectivity index (χ0n) is 32.0. The minimum atomic E-state index is 1.15. The Balaban J connectivity index is 1.07. The number of benzene rings is 9. The number of hydrogen-bond donors (Lipinski definition) is 0. The average Bonchev–Trinajstić information content (AvgIpc) is 3.91. The Kier molecular flexibility index (Phi) is 7.14. The van der Waals surface area contributed by atoms with Crippen molar-refractivity contribution in [1.82, 2.24) is 13.7 Å². The molecule has 58 heavy (non-hydrogen) atoms. The first-order chi connectivity index (χ1) is 28.7. The Morgan fingerprint density at radius 1 is 0.241 bits per heavy atom. The lowest BCUT2D eigenvalue weighted by molar-refractivity contribution is 1.01. The summed E-state index contributed by atoms with van der Waals surface area (Å²) in [6.45, 7) is 0. The molecule has 12 aromatic rings. The van der Waals surface area contributed by atoms with Gasteiger partial charge in [0.25, 0.3) is 0 Å². The van der Waals surface area contributed by atoms with Crippen molar-refractivity contribution in [2.24, 2.45) is 7.05 Å². The Morgan fingerprint density at radius 2 is 0.569 bits per heavy atom. The van der Waals surface area contributed by atoms with Crippen molar-refractivity contribution in [2.75, 3.05) is 0 Å². The van der Waals surface area contributed by atoms with E-state index >= 15 is 0 Å². The summed E-state index contributed by atoms with van der Waals surface area (Å²) in [6.07, 6.45) is 0. The van der Waals surface area contributed by atoms with Crippen LogP contribution in [0.15, 0.2) is 206 Å². The van der Waals surface area contributed by atoms with Gasteiger partial charge in [0.05, 0.1) is 22.1 Å². The van der Waals surface area contributed by atoms with Gasteiger partial charge in [0.1, 0.15) is 0 Å². The highest BCUT2D eigenvalue weighted by Crippen LogP contribution is 2.40. The van der Waals surface area contributed by atoms with Gasteiger partial charge in [-0.15, -0.1) is 0 Å². The van der Waals surface area contributed by atoms with Gasteiger partial charge < -0.3 is 13.7 Å². The molecule has 0 aliphatic rings. The molecule has 0 aliphatic heterocycles. The second-order valence-corrected chi connectivity index (χ2v) is 15.4. The summed E-state index contributed by atoms with van der Waals surface area (Å²) < 4.78 is 7.22. The van der Waals surface area contributed by atoms with E-state index in [2.05, 4.69) is 227 Å². The number of rotatable bonds is 5. The molecule has 3 nitrogen and oxygen atoms in total. The fourth-order valence-corrected chi connectivity index (χ4v) is 9.46. The minimum absolute atomic E-state index is 1.15. The van der Waals surface area contributed by atoms with Crippen LogP contribution >= 0.6 is 0 Å². The molecule has 0 N–H and O–H groups in total. The number of nitrogens with zero attached hydrogens (tertiary/aromatic N) is 3. The molecule has 272 valence electrons. The molecule has 0 spiro atoms. The molecule has 0 aliphatic carbocycles. The molecule has 0 fully saturated rings. The second kappa shape index (κ2) is 12.7. The van der Waals surface area contributed by atoms with Gasteiger partial charge in [0.2, 0.25) is 0 Å². The fourth-order valence-electron chi connectivity index (χ4n) is 9.46. The van der Waals surface area contributed by atoms with E-state index in [4.69, 9.17) is 0 Å². The standard InChI is InChI=1S/C55H37N3/c1-56-50-29-24-42(57-52-20-12-11-19-44(52)45-31-39(21-26-53(45)57)36-13-5-2-6-14-36)34-48(50)49-35-43(25-30-51(49)56)58-54-27-22-40(37-15-7-3-8-16-37)32-46(54)47-33-41(23-28-55(47)58)38-17-9-4-10-18-38/h2-35H,1H3. The van der Waals surface area contributed by atoms with Crippen LogP contribution in [0.2, 0.25) is 0 Å². The van der Waals surface area contributed by atoms with Gasteiger partial charge in [-0.2, -0.15) is 0 Å². The molecule has 3 heterocycles. The lowest BCUT2D eigenvalue weighted by Crippen LogP contribution is -1.94. The van der Waals surface area contributed by atoms with Gasteiger partial charge >= 0.3 is 0 Å². The van der Waals surface area contributed by atoms with Crippen LogP contribution in [0.25, 0.3) is 110 Å². The second-order valence-electron chi connectivity index (χ2n) is 15.4. The molecule has 0 saturated carbocycles. The SMILES string of the molecule is Cn1c2ccc(-n3c4ccccc4c4cc(-c5ccccc5)ccc43)cc2c2cc(-n3c4ccc(-c5ccccc5)cc4c4cc(-c5ccccc5)ccc43)ccc21. The largest absolute Gasteiger partial charge is 0.344 e. The highest BCUT2D eigenvalue weighted by molar-refractivity contribution is 6.14. The van der Waals surface area contributed by atoms with E-state index in [1.165, 1.54) is 98.8 Å². The number of aryl methyl sites for hydroxylation is 1. The van der Waals surface area contributed by atoms with Crippen LogP contribution in [0.5, 0.6) is 0 Å². The average molecular weight is 740 g/mol. The number of aromatic nitrogens is 3. The van der Waals surface area contributed by atoms with Crippen molar-refractivity contribution in [2.45, 2.75) is 0 Å². The van der Waals surface area contributed by atoms with Gasteiger partial charge in [-0.3, -0.25) is 0 Å². The van der Waals surface area contributed by atoms with Crippen molar-refractivity contribution in [1.29, 1.82) is 0 Å². The molecule has 9 aromatic carbocycles. The first-order valence-corrected chi connectivity index (χ1v) is 20.0. The van der Waals surface area contributed by atoms with Crippen LogP contribution < -0.4 is 0 Å². The van der Waals surface area contributed by atoms with Crippen LogP contribution in [0, 0.1) is 0 Å². The zero-order valence-corrected chi connectivity index (χ0v) is 32.0. The highest BCUT2D eigenvalue weighted by atomic mass is 15.0. The molecule has 12 rings (SSSR count). The summed E-state index contributed by atoms with van der Waals surface area (Å²) >= 11 is 0. The van der Waals surface area contributed by atoms with Crippen LogP contribution in [0.3, 0.4) is 0 Å². The third-order valence-electron chi connectivity index (χ3n) is 12.2. The van der Waals surface area contributed by atoms with Crippen molar-refractivity contribution < 1.29 is 0 Å². The van der Waals surface area contributed by atoms with Crippen molar-refractivity contribution in [3.63, 3.8) is 0 Å². The van der Waals surface area contributed by atoms with Gasteiger partial charge in [-0.05, 0) is 112 Å². The van der Waals surface area contributed by atoms with Gasteiger partial charge in [0, 0.05) is 61.8 Å². The Hall–Kier alpha value is -7.62. The summed E-state index contributed by atoms with van der Waals surface area (Å²) in [7, 11) is 2.19. The van der Waals surface area contributed by atoms with Gasteiger partial charge in [-0.1, -0.05) is 127 Å². The number of para-hydroxylation sites is 1. The van der Waals surface area contributed by atoms with E-state index in [1.54, 1.807) is 0 Å². The third-order valence-corrected chi connectivity index (χ3v) is 12.2. The van der Waals surface area contributed by atoms with Crippen molar-refractivity contribution >= 4 is 65.4 Å². The first-order valence-electron chi connectivity index (χ1n) is 20.0. The third kappa shape index (κ3) is 4.93. The van der Waals surface area contributed by atoms with Crippen LogP contribution in [0.4, 0.5) is 0 Å². The maximum absolute atomic E-state index is 2.45. The number of fused-ring (bicyclic) bond motifs is 9. The fraction of sp³-hybridized carbons (Fsp3) is 0.0182. The normalized spacial score (nSPS) is 11.9. The molecule has 3 heteroatoms. The van der Waals surface area contributed by atoms with E-state index < -0.39 is 0 Å². The molecule has 0 unspecified atom stereocenters. The maximum atomic E-state index is 2.45. The minimum Gasteiger partial charge on any atom is -0.344 e. The molecular weight excluding hydrogens is 703 g/mol. The van der Waals surface area contributed by atoms with Crippen molar-refractivity contribution in [3.05, 3.63) is 206 Å². The lowest BCUT2D eigenvalue weighted by Gasteiger charge is -2.10. The van der Waals surface area contributed by atoms with E-state index in [0.29, 0.717) is 0 Å². The first kappa shape index (κ1) is 32.6. The summed E-state index contributed by atoms with van der Waals surface area (Å²) in [5.74, 6) is 0. The summed E-state index contributed by atoms with van der Waals surface area (Å²) in [4.78, 5) is 0. The van der Waals surface area contributed by atoms with E-state index in [1.807, 2.05) is 0 Å². The quantitative estimate of drug-likeness (QED) is 0.167. The van der Waals surface area contributed by atoms with Crippen molar-refractivity contribution in [3.8, 4) is 44.8 Å². The Labute approximate surface area is 335 Å². The molecule has 0 atom stereocenters. The maximum Gasteiger partial charge on any atom is 0.0541 e. The molecule has 3 aromatic heterocycles. The van der Waals surface area contributed by atoms with Crippen LogP contribution in [0.1, 0.15) is 0 Å². The predicted molar refractivity (Wildman–Crippen MR) is 245 cm³/mol. The topological polar surface area (TPSA) is 14.8 Å². The zero-order chi connectivity index (χ0) is 38.3. The van der Waals surface area contributed by atoms with E-state index in [9.17, 15) is 0 Å². The van der Waals surface area contributed by atoms with Gasteiger partial charge in [0.15, 0.2) is 0 Å².